The molecule has 2 aliphatic heterocycles. The minimum atomic E-state index is -2.20. The van der Waals surface area contributed by atoms with E-state index < -0.39 is 134 Å². The van der Waals surface area contributed by atoms with Gasteiger partial charge in [0.1, 0.15) is 42.5 Å². The number of carboxylic acids is 2. The van der Waals surface area contributed by atoms with Crippen molar-refractivity contribution >= 4 is 41.5 Å². The molecule has 2 saturated heterocycles. The summed E-state index contributed by atoms with van der Waals surface area (Å²) in [5.74, 6) is -7.25. The number of hydrogen-bond acceptors (Lipinski definition) is 15. The third-order valence-electron chi connectivity index (χ3n) is 7.51. The van der Waals surface area contributed by atoms with Crippen LogP contribution in [0.1, 0.15) is 34.6 Å². The molecule has 284 valence electrons. The summed E-state index contributed by atoms with van der Waals surface area (Å²) in [6, 6.07) is -7.99. The van der Waals surface area contributed by atoms with Gasteiger partial charge >= 0.3 is 11.9 Å². The smallest absolute Gasteiger partial charge is 0.335 e. The number of aliphatic hydroxyl groups excluding tert-OH is 4. The molecule has 0 spiro atoms. The third kappa shape index (κ3) is 10.9. The zero-order valence-electron chi connectivity index (χ0n) is 27.7. The molecule has 2 aliphatic rings. The van der Waals surface area contributed by atoms with Gasteiger partial charge < -0.3 is 82.3 Å². The van der Waals surface area contributed by atoms with E-state index in [0.29, 0.717) is 0 Å². The van der Waals surface area contributed by atoms with Gasteiger partial charge in [-0.2, -0.15) is 0 Å². The molecular weight excluding hydrogens is 678 g/mol. The Balaban J connectivity index is 2.75. The number of nitrogens with zero attached hydrogens (tertiary/aromatic N) is 1. The van der Waals surface area contributed by atoms with E-state index in [9.17, 15) is 59.4 Å². The molecule has 0 radical (unpaired) electrons. The average Bonchev–Trinajstić information content (AvgIpc) is 2.98. The molecule has 2 rings (SSSR count). The Morgan fingerprint density at radius 2 is 1.30 bits per heavy atom. The Bertz CT molecular complexity index is 1280. The van der Waals surface area contributed by atoms with Gasteiger partial charge in [0.2, 0.25) is 23.6 Å². The van der Waals surface area contributed by atoms with Crippen molar-refractivity contribution in [3.8, 4) is 0 Å². The van der Waals surface area contributed by atoms with Crippen LogP contribution in [-0.2, 0) is 47.7 Å². The van der Waals surface area contributed by atoms with Gasteiger partial charge in [-0.3, -0.25) is 19.2 Å². The largest absolute Gasteiger partial charge is 0.479 e. The van der Waals surface area contributed by atoms with Gasteiger partial charge in [-0.25, -0.2) is 14.6 Å². The number of ether oxygens (including phenoxy) is 4. The second-order valence-electron chi connectivity index (χ2n) is 11.7. The molecule has 23 heteroatoms. The van der Waals surface area contributed by atoms with Crippen LogP contribution in [0.15, 0.2) is 4.99 Å². The number of carbonyl (C=O) groups is 6. The van der Waals surface area contributed by atoms with E-state index in [1.54, 1.807) is 0 Å². The summed E-state index contributed by atoms with van der Waals surface area (Å²) in [6.07, 6.45) is -17.3. The molecule has 0 aromatic carbocycles. The van der Waals surface area contributed by atoms with Gasteiger partial charge in [-0.1, -0.05) is 0 Å². The highest BCUT2D eigenvalue weighted by Crippen LogP contribution is 2.32. The first-order valence-electron chi connectivity index (χ1n) is 15.1. The first-order chi connectivity index (χ1) is 23.2. The number of rotatable bonds is 15. The number of nitrogens with two attached hydrogens (primary N) is 2. The normalized spacial score (nSPS) is 31.9. The van der Waals surface area contributed by atoms with Gasteiger partial charge in [-0.05, 0) is 6.92 Å². The monoisotopic (exact) mass is 723 g/mol. The van der Waals surface area contributed by atoms with Crippen LogP contribution < -0.4 is 32.7 Å². The van der Waals surface area contributed by atoms with Gasteiger partial charge in [-0.15, -0.1) is 0 Å². The minimum Gasteiger partial charge on any atom is -0.479 e. The van der Waals surface area contributed by atoms with Crippen molar-refractivity contribution in [2.45, 2.75) is 120 Å². The first-order valence-corrected chi connectivity index (χ1v) is 15.1. The van der Waals surface area contributed by atoms with E-state index in [2.05, 4.69) is 26.3 Å². The summed E-state index contributed by atoms with van der Waals surface area (Å²) in [4.78, 5) is 77.6. The van der Waals surface area contributed by atoms with Gasteiger partial charge in [0, 0.05) is 27.7 Å². The molecule has 50 heavy (non-hydrogen) atoms. The molecule has 2 fully saturated rings. The van der Waals surface area contributed by atoms with Crippen molar-refractivity contribution in [3.63, 3.8) is 0 Å². The van der Waals surface area contributed by atoms with Crippen molar-refractivity contribution in [3.05, 3.63) is 0 Å². The van der Waals surface area contributed by atoms with Gasteiger partial charge in [0.05, 0.1) is 24.8 Å². The highest BCUT2D eigenvalue weighted by atomic mass is 16.7. The minimum absolute atomic E-state index is 0.644. The van der Waals surface area contributed by atoms with Crippen LogP contribution in [0.25, 0.3) is 0 Å². The van der Waals surface area contributed by atoms with Crippen molar-refractivity contribution < 1.29 is 78.4 Å². The van der Waals surface area contributed by atoms with E-state index in [1.165, 1.54) is 0 Å². The summed E-state index contributed by atoms with van der Waals surface area (Å²) < 4.78 is 23.0. The maximum Gasteiger partial charge on any atom is 0.335 e. The molecular formula is C27H45N7O16. The maximum absolute atomic E-state index is 12.7. The van der Waals surface area contributed by atoms with Crippen molar-refractivity contribution in [2.75, 3.05) is 6.61 Å². The maximum atomic E-state index is 12.7. The van der Waals surface area contributed by atoms with Crippen LogP contribution >= 0.6 is 0 Å². The summed E-state index contributed by atoms with van der Waals surface area (Å²) in [5, 5.41) is 71.3. The number of guanidine groups is 1. The van der Waals surface area contributed by atoms with Crippen molar-refractivity contribution in [1.82, 2.24) is 21.3 Å². The molecule has 0 saturated carbocycles. The van der Waals surface area contributed by atoms with Crippen LogP contribution in [0, 0.1) is 0 Å². The van der Waals surface area contributed by atoms with Crippen LogP contribution in [0.3, 0.4) is 0 Å². The number of amides is 4. The molecule has 0 aliphatic carbocycles. The highest BCUT2D eigenvalue weighted by molar-refractivity contribution is 5.78. The molecule has 0 unspecified atom stereocenters. The first kappa shape index (κ1) is 41.9. The molecule has 0 bridgehead atoms. The number of aliphatic hydroxyl groups is 4. The van der Waals surface area contributed by atoms with Gasteiger partial charge in [0.25, 0.3) is 0 Å². The number of carboxylic acid groups (broad SMARTS) is 2. The molecule has 14 N–H and O–H groups in total. The number of nitrogens with one attached hydrogen (secondary N) is 4. The van der Waals surface area contributed by atoms with E-state index in [1.807, 2.05) is 0 Å². The molecule has 0 aromatic heterocycles. The average molecular weight is 724 g/mol. The lowest BCUT2D eigenvalue weighted by Gasteiger charge is -2.49. The van der Waals surface area contributed by atoms with Crippen LogP contribution in [0.4, 0.5) is 0 Å². The second kappa shape index (κ2) is 18.1. The zero-order valence-corrected chi connectivity index (χ0v) is 27.7. The zero-order chi connectivity index (χ0) is 38.2. The van der Waals surface area contributed by atoms with E-state index in [-0.39, 0.29) is 0 Å². The fourth-order valence-corrected chi connectivity index (χ4v) is 5.53. The number of aliphatic imine (C=N–C) groups is 1. The predicted octanol–water partition coefficient (Wildman–Crippen LogP) is -6.87. The van der Waals surface area contributed by atoms with Crippen LogP contribution in [0.2, 0.25) is 0 Å². The lowest BCUT2D eigenvalue weighted by molar-refractivity contribution is -0.311. The molecule has 4 amide bonds. The summed E-state index contributed by atoms with van der Waals surface area (Å²) in [7, 11) is 0. The Morgan fingerprint density at radius 1 is 0.800 bits per heavy atom. The lowest BCUT2D eigenvalue weighted by atomic mass is 9.91. The van der Waals surface area contributed by atoms with Gasteiger partial charge in [0.15, 0.2) is 30.7 Å². The standard InChI is InChI=1S/C27H45N7O16/c1-7(36)17(41)19(12(6-35)30-8(2)37)47-26-16(33-11(5)40)14(31-9(3)38)20(22(50-26)24(45)46)48-25-15(32-10(4)39)13(34-27(28)29)18(42)21(49-25)23(43)44/h7,12-22,25-26,35-36,41-42H,6H2,1-5H3,(H,30,37)(H,31,38)(H,32,39)(H,33,40)(H,43,44)(H,45,46)(H4,28,29,34)/t7-,12+,13-,14-,15+,16+,17+,18+,19-,20+,21+,22+,25-,26-/m1/s1. The topological polar surface area (TPSA) is 373 Å². The van der Waals surface area contributed by atoms with E-state index >= 15 is 0 Å². The Morgan fingerprint density at radius 3 is 1.74 bits per heavy atom. The van der Waals surface area contributed by atoms with Crippen molar-refractivity contribution in [2.24, 2.45) is 16.5 Å². The third-order valence-corrected chi connectivity index (χ3v) is 7.51. The Labute approximate surface area is 284 Å². The molecule has 0 aromatic rings. The highest BCUT2D eigenvalue weighted by Gasteiger charge is 2.56. The van der Waals surface area contributed by atoms with E-state index in [0.717, 1.165) is 34.6 Å². The predicted molar refractivity (Wildman–Crippen MR) is 163 cm³/mol. The van der Waals surface area contributed by atoms with Crippen LogP contribution in [-0.4, -0.2) is 164 Å². The number of carbonyl (C=O) groups excluding carboxylic acids is 4. The Kier molecular flexibility index (Phi) is 15.2. The summed E-state index contributed by atoms with van der Waals surface area (Å²) >= 11 is 0. The molecule has 2 heterocycles. The number of aliphatic carboxylic acids is 2. The second-order valence-corrected chi connectivity index (χ2v) is 11.7. The van der Waals surface area contributed by atoms with Crippen molar-refractivity contribution in [1.29, 1.82) is 0 Å². The van der Waals surface area contributed by atoms with Crippen LogP contribution in [0.5, 0.6) is 0 Å². The fraction of sp³-hybridized carbons (Fsp3) is 0.741. The SMILES string of the molecule is CC(=O)N[C@@H]1[C@H](O[C@H]2[C@H](NC(C)=O)[C@H](NC(C)=O)[C@H](O[C@@H]([C@@H](O)[C@@H](C)O)[C@H](CO)NC(C)=O)O[C@@H]2C(=O)O)O[C@H](C(=O)O)[C@@H](O)[C@@H]1N=C(N)N. The fourth-order valence-electron chi connectivity index (χ4n) is 5.53. The number of hydrogen-bond donors (Lipinski definition) is 12. The quantitative estimate of drug-likeness (QED) is 0.0551. The molecule has 14 atom stereocenters. The summed E-state index contributed by atoms with van der Waals surface area (Å²) in [5.41, 5.74) is 11.0. The Hall–Kier alpha value is -4.23. The van der Waals surface area contributed by atoms with E-state index in [4.69, 9.17) is 30.4 Å². The summed E-state index contributed by atoms with van der Waals surface area (Å²) in [6.45, 7) is 4.45. The molecule has 23 nitrogen and oxygen atoms in total. The lowest BCUT2D eigenvalue weighted by Crippen LogP contribution is -2.73.